The number of pyridine rings is 1. The summed E-state index contributed by atoms with van der Waals surface area (Å²) in [5, 5.41) is 9.66. The van der Waals surface area contributed by atoms with Crippen molar-refractivity contribution in [3.63, 3.8) is 0 Å². The molecule has 17 heavy (non-hydrogen) atoms. The van der Waals surface area contributed by atoms with Crippen LogP contribution in [-0.2, 0) is 6.42 Å². The van der Waals surface area contributed by atoms with Crippen molar-refractivity contribution < 1.29 is 0 Å². The minimum Gasteiger partial charge on any atom is -0.387 e. The summed E-state index contributed by atoms with van der Waals surface area (Å²) in [4.78, 5) is 8.57. The van der Waals surface area contributed by atoms with Crippen molar-refractivity contribution in [1.29, 1.82) is 0 Å². The van der Waals surface area contributed by atoms with Crippen LogP contribution in [0.15, 0.2) is 23.8 Å². The Labute approximate surface area is 105 Å². The summed E-state index contributed by atoms with van der Waals surface area (Å²) in [7, 11) is 1.89. The minimum absolute atomic E-state index is 0.877. The number of nitrogens with one attached hydrogen (secondary N) is 2. The molecule has 0 aliphatic heterocycles. The van der Waals surface area contributed by atoms with E-state index in [1.807, 2.05) is 26.2 Å². The third-order valence-corrected chi connectivity index (χ3v) is 3.39. The molecule has 2 rings (SSSR count). The average Bonchev–Trinajstić information content (AvgIpc) is 2.75. The molecule has 0 unspecified atom stereocenters. The highest BCUT2D eigenvalue weighted by Gasteiger charge is 1.99. The van der Waals surface area contributed by atoms with Gasteiger partial charge in [0.05, 0.1) is 28.8 Å². The Balaban J connectivity index is 1.85. The van der Waals surface area contributed by atoms with E-state index < -0.39 is 0 Å². The molecule has 0 atom stereocenters. The predicted octanol–water partition coefficient (Wildman–Crippen LogP) is 2.54. The molecule has 2 aromatic rings. The highest BCUT2D eigenvalue weighted by atomic mass is 32.1. The lowest BCUT2D eigenvalue weighted by molar-refractivity contribution is 0.985. The Morgan fingerprint density at radius 1 is 1.29 bits per heavy atom. The lowest BCUT2D eigenvalue weighted by atomic mass is 10.3. The monoisotopic (exact) mass is 248 g/mol. The molecule has 0 fully saturated rings. The molecule has 2 heterocycles. The van der Waals surface area contributed by atoms with Crippen molar-refractivity contribution in [3.8, 4) is 0 Å². The number of aromatic nitrogens is 2. The minimum atomic E-state index is 0.877. The van der Waals surface area contributed by atoms with E-state index in [0.717, 1.165) is 30.0 Å². The molecule has 0 spiro atoms. The van der Waals surface area contributed by atoms with Gasteiger partial charge in [0.1, 0.15) is 0 Å². The molecule has 0 radical (unpaired) electrons. The molecular formula is C12H16N4S. The first-order chi connectivity index (χ1) is 8.28. The van der Waals surface area contributed by atoms with E-state index >= 15 is 0 Å². The van der Waals surface area contributed by atoms with Gasteiger partial charge >= 0.3 is 0 Å². The summed E-state index contributed by atoms with van der Waals surface area (Å²) in [6.07, 6.45) is 4.57. The molecule has 0 saturated heterocycles. The molecule has 2 aromatic heterocycles. The van der Waals surface area contributed by atoms with Crippen molar-refractivity contribution in [1.82, 2.24) is 9.97 Å². The number of nitrogens with zero attached hydrogens (tertiary/aromatic N) is 2. The highest BCUT2D eigenvalue weighted by molar-refractivity contribution is 7.09. The molecule has 0 amide bonds. The van der Waals surface area contributed by atoms with E-state index in [1.54, 1.807) is 17.5 Å². The van der Waals surface area contributed by atoms with E-state index in [9.17, 15) is 0 Å². The number of rotatable bonds is 5. The molecule has 90 valence electrons. The fraction of sp³-hybridized carbons (Fsp3) is 0.333. The van der Waals surface area contributed by atoms with Crippen molar-refractivity contribution in [2.24, 2.45) is 0 Å². The topological polar surface area (TPSA) is 49.8 Å². The number of anilines is 2. The van der Waals surface area contributed by atoms with Gasteiger partial charge < -0.3 is 10.6 Å². The van der Waals surface area contributed by atoms with Crippen LogP contribution in [-0.4, -0.2) is 23.6 Å². The Hall–Kier alpha value is -1.62. The highest BCUT2D eigenvalue weighted by Crippen LogP contribution is 2.13. The molecule has 5 heteroatoms. The fourth-order valence-corrected chi connectivity index (χ4v) is 2.28. The van der Waals surface area contributed by atoms with Crippen LogP contribution >= 0.6 is 11.3 Å². The smallest absolute Gasteiger partial charge is 0.0945 e. The largest absolute Gasteiger partial charge is 0.387 e. The van der Waals surface area contributed by atoms with Crippen LogP contribution in [0.5, 0.6) is 0 Å². The third-order valence-electron chi connectivity index (χ3n) is 2.36. The zero-order chi connectivity index (χ0) is 12.1. The maximum atomic E-state index is 4.43. The molecule has 2 N–H and O–H groups in total. The van der Waals surface area contributed by atoms with Gasteiger partial charge in [-0.3, -0.25) is 4.98 Å². The van der Waals surface area contributed by atoms with Gasteiger partial charge in [-0.25, -0.2) is 4.98 Å². The molecule has 0 aliphatic rings. The summed E-state index contributed by atoms with van der Waals surface area (Å²) >= 11 is 1.71. The first-order valence-corrected chi connectivity index (χ1v) is 6.43. The zero-order valence-corrected chi connectivity index (χ0v) is 10.8. The van der Waals surface area contributed by atoms with Gasteiger partial charge in [0.25, 0.3) is 0 Å². The predicted molar refractivity (Wildman–Crippen MR) is 72.8 cm³/mol. The SMILES string of the molecule is CNc1cncc(NCCc2nc(C)cs2)c1. The summed E-state index contributed by atoms with van der Waals surface area (Å²) in [6.45, 7) is 2.90. The van der Waals surface area contributed by atoms with E-state index in [0.29, 0.717) is 0 Å². The van der Waals surface area contributed by atoms with E-state index in [1.165, 1.54) is 5.01 Å². The van der Waals surface area contributed by atoms with Crippen LogP contribution in [0.25, 0.3) is 0 Å². The van der Waals surface area contributed by atoms with Crippen LogP contribution in [0.1, 0.15) is 10.7 Å². The summed E-state index contributed by atoms with van der Waals surface area (Å²) < 4.78 is 0. The molecule has 0 aliphatic carbocycles. The first-order valence-electron chi connectivity index (χ1n) is 5.55. The Kier molecular flexibility index (Phi) is 3.93. The number of hydrogen-bond acceptors (Lipinski definition) is 5. The van der Waals surface area contributed by atoms with Crippen LogP contribution in [0.3, 0.4) is 0 Å². The lowest BCUT2D eigenvalue weighted by Crippen LogP contribution is -2.05. The van der Waals surface area contributed by atoms with Crippen LogP contribution < -0.4 is 10.6 Å². The van der Waals surface area contributed by atoms with E-state index in [2.05, 4.69) is 26.0 Å². The van der Waals surface area contributed by atoms with Crippen LogP contribution in [0.2, 0.25) is 0 Å². The summed E-state index contributed by atoms with van der Waals surface area (Å²) in [5.41, 5.74) is 3.15. The van der Waals surface area contributed by atoms with E-state index in [-0.39, 0.29) is 0 Å². The average molecular weight is 248 g/mol. The lowest BCUT2D eigenvalue weighted by Gasteiger charge is -2.06. The first kappa shape index (κ1) is 11.9. The second-order valence-corrected chi connectivity index (χ2v) is 4.71. The molecular weight excluding hydrogens is 232 g/mol. The molecule has 0 saturated carbocycles. The Bertz CT molecular complexity index is 481. The van der Waals surface area contributed by atoms with Gasteiger partial charge in [-0.05, 0) is 13.0 Å². The summed E-state index contributed by atoms with van der Waals surface area (Å²) in [5.74, 6) is 0. The number of hydrogen-bond donors (Lipinski definition) is 2. The maximum Gasteiger partial charge on any atom is 0.0945 e. The Morgan fingerprint density at radius 3 is 2.82 bits per heavy atom. The van der Waals surface area contributed by atoms with Gasteiger partial charge in [0, 0.05) is 31.1 Å². The van der Waals surface area contributed by atoms with Gasteiger partial charge in [-0.1, -0.05) is 0 Å². The van der Waals surface area contributed by atoms with Crippen molar-refractivity contribution in [3.05, 3.63) is 34.5 Å². The summed E-state index contributed by atoms with van der Waals surface area (Å²) in [6, 6.07) is 2.04. The number of thiazole rings is 1. The standard InChI is InChI=1S/C12H16N4S/c1-9-8-17-12(16-9)3-4-15-11-5-10(13-2)6-14-7-11/h5-8,13,15H,3-4H2,1-2H3. The second-order valence-electron chi connectivity index (χ2n) is 3.77. The van der Waals surface area contributed by atoms with Gasteiger partial charge in [-0.15, -0.1) is 11.3 Å². The second kappa shape index (κ2) is 5.63. The van der Waals surface area contributed by atoms with E-state index in [4.69, 9.17) is 0 Å². The van der Waals surface area contributed by atoms with Crippen molar-refractivity contribution >= 4 is 22.7 Å². The van der Waals surface area contributed by atoms with Gasteiger partial charge in [-0.2, -0.15) is 0 Å². The third kappa shape index (κ3) is 3.42. The zero-order valence-electron chi connectivity index (χ0n) is 10.0. The quantitative estimate of drug-likeness (QED) is 0.853. The van der Waals surface area contributed by atoms with Gasteiger partial charge in [0.2, 0.25) is 0 Å². The molecule has 4 nitrogen and oxygen atoms in total. The normalized spacial score (nSPS) is 10.2. The fourth-order valence-electron chi connectivity index (χ4n) is 1.50. The molecule has 0 bridgehead atoms. The Morgan fingerprint density at radius 2 is 2.12 bits per heavy atom. The van der Waals surface area contributed by atoms with Gasteiger partial charge in [0.15, 0.2) is 0 Å². The van der Waals surface area contributed by atoms with Crippen molar-refractivity contribution in [2.75, 3.05) is 24.2 Å². The van der Waals surface area contributed by atoms with Crippen LogP contribution in [0.4, 0.5) is 11.4 Å². The molecule has 0 aromatic carbocycles. The number of aryl methyl sites for hydroxylation is 1. The van der Waals surface area contributed by atoms with Crippen molar-refractivity contribution in [2.45, 2.75) is 13.3 Å². The van der Waals surface area contributed by atoms with Crippen LogP contribution in [0, 0.1) is 6.92 Å². The maximum absolute atomic E-state index is 4.43.